The maximum atomic E-state index is 12.8. The molecule has 1 aliphatic rings. The van der Waals surface area contributed by atoms with Crippen LogP contribution in [0.3, 0.4) is 0 Å². The van der Waals surface area contributed by atoms with Gasteiger partial charge in [-0.05, 0) is 12.5 Å². The number of alkyl halides is 3. The van der Waals surface area contributed by atoms with Gasteiger partial charge in [-0.1, -0.05) is 18.2 Å². The van der Waals surface area contributed by atoms with Crippen molar-refractivity contribution in [1.82, 2.24) is 14.8 Å². The minimum absolute atomic E-state index is 0.147. The van der Waals surface area contributed by atoms with Crippen molar-refractivity contribution in [2.75, 3.05) is 20.3 Å². The van der Waals surface area contributed by atoms with Crippen LogP contribution in [-0.4, -0.2) is 41.3 Å². The van der Waals surface area contributed by atoms with Crippen molar-refractivity contribution < 1.29 is 22.6 Å². The van der Waals surface area contributed by atoms with Gasteiger partial charge in [-0.2, -0.15) is 18.3 Å². The third kappa shape index (κ3) is 3.87. The van der Waals surface area contributed by atoms with E-state index in [-0.39, 0.29) is 5.92 Å². The lowest BCUT2D eigenvalue weighted by Crippen LogP contribution is -2.22. The molecule has 1 fully saturated rings. The summed E-state index contributed by atoms with van der Waals surface area (Å²) in [5.41, 5.74) is 0.832. The zero-order valence-corrected chi connectivity index (χ0v) is 13.2. The minimum Gasteiger partial charge on any atom is -0.496 e. The molecule has 130 valence electrons. The van der Waals surface area contributed by atoms with Crippen LogP contribution >= 0.6 is 0 Å². The molecule has 2 heterocycles. The molecule has 0 bridgehead atoms. The second-order valence-electron chi connectivity index (χ2n) is 5.71. The van der Waals surface area contributed by atoms with Crippen molar-refractivity contribution >= 4 is 0 Å². The number of halogens is 3. The van der Waals surface area contributed by atoms with Crippen molar-refractivity contribution in [2.24, 2.45) is 0 Å². The van der Waals surface area contributed by atoms with Gasteiger partial charge in [0.1, 0.15) is 18.1 Å². The maximum absolute atomic E-state index is 12.8. The number of para-hydroxylation sites is 1. The highest BCUT2D eigenvalue weighted by Gasteiger charge is 2.33. The van der Waals surface area contributed by atoms with Gasteiger partial charge in [0.05, 0.1) is 13.7 Å². The summed E-state index contributed by atoms with van der Waals surface area (Å²) in [6, 6.07) is 7.32. The van der Waals surface area contributed by atoms with Crippen LogP contribution in [0, 0.1) is 0 Å². The second kappa shape index (κ2) is 6.80. The number of nitrogens with zero attached hydrogens (tertiary/aromatic N) is 3. The Labute approximate surface area is 137 Å². The van der Waals surface area contributed by atoms with Crippen LogP contribution in [0.2, 0.25) is 0 Å². The lowest BCUT2D eigenvalue weighted by molar-refractivity contribution is -0.143. The van der Waals surface area contributed by atoms with E-state index in [2.05, 4.69) is 10.1 Å². The number of methoxy groups -OCH3 is 1. The van der Waals surface area contributed by atoms with Gasteiger partial charge in [0.25, 0.3) is 0 Å². The molecule has 1 unspecified atom stereocenters. The standard InChI is InChI=1S/C16H18F3N3O2/c1-23-13-5-3-2-4-11(13)8-14-20-15(12-6-7-24-9-12)22(21-14)10-16(17,18)19/h2-5,12H,6-10H2,1H3. The van der Waals surface area contributed by atoms with Crippen LogP contribution in [0.15, 0.2) is 24.3 Å². The number of hydrogen-bond acceptors (Lipinski definition) is 4. The molecule has 0 radical (unpaired) electrons. The quantitative estimate of drug-likeness (QED) is 0.839. The van der Waals surface area contributed by atoms with E-state index in [0.717, 1.165) is 10.2 Å². The molecule has 0 aliphatic carbocycles. The monoisotopic (exact) mass is 341 g/mol. The molecule has 0 N–H and O–H groups in total. The SMILES string of the molecule is COc1ccccc1Cc1nc(C2CCOC2)n(CC(F)(F)F)n1. The Morgan fingerprint density at radius 1 is 1.33 bits per heavy atom. The Morgan fingerprint density at radius 3 is 2.79 bits per heavy atom. The fourth-order valence-corrected chi connectivity index (χ4v) is 2.82. The summed E-state index contributed by atoms with van der Waals surface area (Å²) >= 11 is 0. The van der Waals surface area contributed by atoms with Gasteiger partial charge >= 0.3 is 6.18 Å². The normalized spacial score (nSPS) is 18.1. The molecule has 2 aromatic rings. The van der Waals surface area contributed by atoms with E-state index in [1.165, 1.54) is 0 Å². The molecule has 3 rings (SSSR count). The Hall–Kier alpha value is -2.09. The first-order valence-electron chi connectivity index (χ1n) is 7.66. The number of ether oxygens (including phenoxy) is 2. The summed E-state index contributed by atoms with van der Waals surface area (Å²) in [5.74, 6) is 1.21. The van der Waals surface area contributed by atoms with Crippen LogP contribution in [0.4, 0.5) is 13.2 Å². The average Bonchev–Trinajstić information content (AvgIpc) is 3.16. The van der Waals surface area contributed by atoms with Crippen molar-refractivity contribution in [2.45, 2.75) is 31.5 Å². The predicted molar refractivity (Wildman–Crippen MR) is 80.1 cm³/mol. The first kappa shape index (κ1) is 16.8. The fraction of sp³-hybridized carbons (Fsp3) is 0.500. The Kier molecular flexibility index (Phi) is 4.75. The predicted octanol–water partition coefficient (Wildman–Crippen LogP) is 2.94. The molecule has 1 aliphatic heterocycles. The smallest absolute Gasteiger partial charge is 0.408 e. The van der Waals surface area contributed by atoms with Crippen LogP contribution in [0.5, 0.6) is 5.75 Å². The molecular formula is C16H18F3N3O2. The van der Waals surface area contributed by atoms with Crippen molar-refractivity contribution in [1.29, 1.82) is 0 Å². The van der Waals surface area contributed by atoms with Crippen LogP contribution in [0.25, 0.3) is 0 Å². The van der Waals surface area contributed by atoms with Gasteiger partial charge in [-0.25, -0.2) is 9.67 Å². The fourth-order valence-electron chi connectivity index (χ4n) is 2.82. The van der Waals surface area contributed by atoms with Crippen molar-refractivity contribution in [3.63, 3.8) is 0 Å². The Bertz CT molecular complexity index is 694. The maximum Gasteiger partial charge on any atom is 0.408 e. The molecule has 5 nitrogen and oxygen atoms in total. The van der Waals surface area contributed by atoms with Gasteiger partial charge in [0.2, 0.25) is 0 Å². The molecule has 8 heteroatoms. The van der Waals surface area contributed by atoms with E-state index < -0.39 is 12.7 Å². The van der Waals surface area contributed by atoms with E-state index in [9.17, 15) is 13.2 Å². The lowest BCUT2D eigenvalue weighted by Gasteiger charge is -2.11. The van der Waals surface area contributed by atoms with Crippen LogP contribution in [-0.2, 0) is 17.7 Å². The van der Waals surface area contributed by atoms with E-state index in [0.29, 0.717) is 43.5 Å². The van der Waals surface area contributed by atoms with Crippen LogP contribution < -0.4 is 4.74 Å². The Morgan fingerprint density at radius 2 is 2.12 bits per heavy atom. The van der Waals surface area contributed by atoms with E-state index in [4.69, 9.17) is 9.47 Å². The molecule has 1 aromatic heterocycles. The van der Waals surface area contributed by atoms with E-state index in [1.54, 1.807) is 13.2 Å². The summed E-state index contributed by atoms with van der Waals surface area (Å²) in [7, 11) is 1.55. The van der Waals surface area contributed by atoms with Gasteiger partial charge in [-0.15, -0.1) is 0 Å². The van der Waals surface area contributed by atoms with E-state index >= 15 is 0 Å². The number of aromatic nitrogens is 3. The molecular weight excluding hydrogens is 323 g/mol. The number of rotatable bonds is 5. The topological polar surface area (TPSA) is 49.2 Å². The van der Waals surface area contributed by atoms with Gasteiger partial charge in [0, 0.05) is 24.5 Å². The second-order valence-corrected chi connectivity index (χ2v) is 5.71. The summed E-state index contributed by atoms with van der Waals surface area (Å²) in [4.78, 5) is 4.36. The highest BCUT2D eigenvalue weighted by Crippen LogP contribution is 2.27. The number of hydrogen-bond donors (Lipinski definition) is 0. The largest absolute Gasteiger partial charge is 0.496 e. The zero-order chi connectivity index (χ0) is 17.2. The summed E-state index contributed by atoms with van der Waals surface area (Å²) in [6.07, 6.45) is -3.37. The summed E-state index contributed by atoms with van der Waals surface area (Å²) in [5, 5.41) is 4.09. The molecule has 1 saturated heterocycles. The molecule has 1 atom stereocenters. The zero-order valence-electron chi connectivity index (χ0n) is 13.2. The molecule has 0 spiro atoms. The Balaban J connectivity index is 1.89. The van der Waals surface area contributed by atoms with Crippen molar-refractivity contribution in [3.05, 3.63) is 41.5 Å². The highest BCUT2D eigenvalue weighted by atomic mass is 19.4. The lowest BCUT2D eigenvalue weighted by atomic mass is 10.1. The molecule has 24 heavy (non-hydrogen) atoms. The molecule has 0 amide bonds. The minimum atomic E-state index is -4.34. The number of benzene rings is 1. The van der Waals surface area contributed by atoms with Gasteiger partial charge < -0.3 is 9.47 Å². The summed E-state index contributed by atoms with van der Waals surface area (Å²) in [6.45, 7) is -0.228. The summed E-state index contributed by atoms with van der Waals surface area (Å²) < 4.78 is 50.0. The van der Waals surface area contributed by atoms with Gasteiger partial charge in [-0.3, -0.25) is 0 Å². The third-order valence-corrected chi connectivity index (χ3v) is 3.91. The van der Waals surface area contributed by atoms with Gasteiger partial charge in [0.15, 0.2) is 5.82 Å². The first-order valence-corrected chi connectivity index (χ1v) is 7.66. The van der Waals surface area contributed by atoms with Crippen LogP contribution in [0.1, 0.15) is 29.6 Å². The molecule has 1 aromatic carbocycles. The van der Waals surface area contributed by atoms with Crippen molar-refractivity contribution in [3.8, 4) is 5.75 Å². The first-order chi connectivity index (χ1) is 11.5. The van der Waals surface area contributed by atoms with E-state index in [1.807, 2.05) is 18.2 Å². The molecule has 0 saturated carbocycles. The average molecular weight is 341 g/mol. The highest BCUT2D eigenvalue weighted by molar-refractivity contribution is 5.35. The third-order valence-electron chi connectivity index (χ3n) is 3.91.